The lowest BCUT2D eigenvalue weighted by Crippen LogP contribution is -2.40. The van der Waals surface area contributed by atoms with Crippen molar-refractivity contribution in [1.29, 1.82) is 0 Å². The SMILES string of the molecule is CCN(Cc1cc(C)ccc1-c1cc([C@@H](C)C(=O)N2C(=O)O[C@@H](c3ccccc3)[C@H]2C)ccc1OC)C(=O)C1CC1. The van der Waals surface area contributed by atoms with Gasteiger partial charge in [0.25, 0.3) is 0 Å². The Labute approximate surface area is 242 Å². The van der Waals surface area contributed by atoms with Gasteiger partial charge in [0, 0.05) is 24.6 Å². The second kappa shape index (κ2) is 11.8. The van der Waals surface area contributed by atoms with Crippen molar-refractivity contribution in [1.82, 2.24) is 9.80 Å². The molecule has 3 aromatic rings. The summed E-state index contributed by atoms with van der Waals surface area (Å²) in [6, 6.07) is 21.0. The Balaban J connectivity index is 1.45. The Morgan fingerprint density at radius 3 is 2.44 bits per heavy atom. The van der Waals surface area contributed by atoms with Crippen LogP contribution in [0.25, 0.3) is 11.1 Å². The van der Waals surface area contributed by atoms with Crippen LogP contribution in [0.2, 0.25) is 0 Å². The fraction of sp³-hybridized carbons (Fsp3) is 0.382. The summed E-state index contributed by atoms with van der Waals surface area (Å²) in [5.41, 5.74) is 5.55. The van der Waals surface area contributed by atoms with Gasteiger partial charge in [0.15, 0.2) is 0 Å². The van der Waals surface area contributed by atoms with Gasteiger partial charge in [-0.3, -0.25) is 9.59 Å². The summed E-state index contributed by atoms with van der Waals surface area (Å²) >= 11 is 0. The highest BCUT2D eigenvalue weighted by atomic mass is 16.6. The molecule has 0 N–H and O–H groups in total. The van der Waals surface area contributed by atoms with Crippen LogP contribution in [-0.4, -0.2) is 47.4 Å². The van der Waals surface area contributed by atoms with Crippen LogP contribution < -0.4 is 4.74 Å². The van der Waals surface area contributed by atoms with E-state index in [-0.39, 0.29) is 17.7 Å². The first-order valence-electron chi connectivity index (χ1n) is 14.4. The van der Waals surface area contributed by atoms with E-state index in [1.54, 1.807) is 7.11 Å². The third-order valence-electron chi connectivity index (χ3n) is 8.26. The third-order valence-corrected chi connectivity index (χ3v) is 8.26. The number of cyclic esters (lactones) is 1. The zero-order valence-corrected chi connectivity index (χ0v) is 24.4. The van der Waals surface area contributed by atoms with Gasteiger partial charge in [-0.1, -0.05) is 60.2 Å². The maximum atomic E-state index is 13.7. The van der Waals surface area contributed by atoms with Crippen LogP contribution in [0.4, 0.5) is 4.79 Å². The quantitative estimate of drug-likeness (QED) is 0.296. The fourth-order valence-electron chi connectivity index (χ4n) is 5.66. The minimum absolute atomic E-state index is 0.147. The van der Waals surface area contributed by atoms with Gasteiger partial charge < -0.3 is 14.4 Å². The number of ether oxygens (including phenoxy) is 2. The number of carbonyl (C=O) groups excluding carboxylic acids is 3. The van der Waals surface area contributed by atoms with E-state index in [2.05, 4.69) is 12.1 Å². The van der Waals surface area contributed by atoms with Crippen LogP contribution >= 0.6 is 0 Å². The number of nitrogens with zero attached hydrogens (tertiary/aromatic N) is 2. The Morgan fingerprint density at radius 2 is 1.78 bits per heavy atom. The van der Waals surface area contributed by atoms with Crippen molar-refractivity contribution in [2.75, 3.05) is 13.7 Å². The molecular weight excluding hydrogens is 516 g/mol. The molecule has 3 atom stereocenters. The molecule has 0 unspecified atom stereocenters. The van der Waals surface area contributed by atoms with Crippen LogP contribution in [0, 0.1) is 12.8 Å². The Bertz CT molecular complexity index is 1450. The Morgan fingerprint density at radius 1 is 1.05 bits per heavy atom. The number of rotatable bonds is 9. The number of carbonyl (C=O) groups is 3. The predicted octanol–water partition coefficient (Wildman–Crippen LogP) is 6.64. The summed E-state index contributed by atoms with van der Waals surface area (Å²) in [7, 11) is 1.63. The average Bonchev–Trinajstić information content (AvgIpc) is 3.79. The first-order valence-corrected chi connectivity index (χ1v) is 14.4. The lowest BCUT2D eigenvalue weighted by molar-refractivity contribution is -0.133. The summed E-state index contributed by atoms with van der Waals surface area (Å²) in [4.78, 5) is 42.7. The highest BCUT2D eigenvalue weighted by Gasteiger charge is 2.44. The number of hydrogen-bond acceptors (Lipinski definition) is 5. The fourth-order valence-corrected chi connectivity index (χ4v) is 5.66. The van der Waals surface area contributed by atoms with Gasteiger partial charge in [-0.15, -0.1) is 0 Å². The molecule has 0 radical (unpaired) electrons. The van der Waals surface area contributed by atoms with E-state index in [1.165, 1.54) is 4.90 Å². The molecule has 5 rings (SSSR count). The van der Waals surface area contributed by atoms with Crippen molar-refractivity contribution < 1.29 is 23.9 Å². The molecule has 1 saturated heterocycles. The first kappa shape index (κ1) is 28.4. The van der Waals surface area contributed by atoms with Gasteiger partial charge >= 0.3 is 6.09 Å². The molecular formula is C34H38N2O5. The normalized spacial score (nSPS) is 19.0. The monoisotopic (exact) mass is 554 g/mol. The van der Waals surface area contributed by atoms with Crippen LogP contribution in [0.15, 0.2) is 66.7 Å². The Kier molecular flexibility index (Phi) is 8.15. The molecule has 3 aromatic carbocycles. The third kappa shape index (κ3) is 5.71. The number of benzene rings is 3. The topological polar surface area (TPSA) is 76.2 Å². The molecule has 1 heterocycles. The van der Waals surface area contributed by atoms with E-state index < -0.39 is 24.2 Å². The van der Waals surface area contributed by atoms with Crippen molar-refractivity contribution in [3.05, 3.63) is 89.0 Å². The molecule has 1 saturated carbocycles. The van der Waals surface area contributed by atoms with Gasteiger partial charge in [-0.2, -0.15) is 0 Å². The van der Waals surface area contributed by atoms with Crippen molar-refractivity contribution >= 4 is 17.9 Å². The number of methoxy groups -OCH3 is 1. The summed E-state index contributed by atoms with van der Waals surface area (Å²) in [6.07, 6.45) is 0.791. The minimum Gasteiger partial charge on any atom is -0.496 e. The van der Waals surface area contributed by atoms with E-state index >= 15 is 0 Å². The first-order chi connectivity index (χ1) is 19.7. The zero-order chi connectivity index (χ0) is 29.3. The number of amides is 3. The van der Waals surface area contributed by atoms with Crippen LogP contribution in [0.5, 0.6) is 5.75 Å². The molecule has 1 aliphatic heterocycles. The Hall–Kier alpha value is -4.13. The highest BCUT2D eigenvalue weighted by molar-refractivity contribution is 5.97. The minimum atomic E-state index is -0.627. The predicted molar refractivity (Wildman–Crippen MR) is 157 cm³/mol. The molecule has 7 nitrogen and oxygen atoms in total. The van der Waals surface area contributed by atoms with Gasteiger partial charge in [0.1, 0.15) is 11.9 Å². The van der Waals surface area contributed by atoms with Crippen molar-refractivity contribution in [3.63, 3.8) is 0 Å². The van der Waals surface area contributed by atoms with Crippen molar-refractivity contribution in [2.24, 2.45) is 5.92 Å². The number of hydrogen-bond donors (Lipinski definition) is 0. The van der Waals surface area contributed by atoms with E-state index in [9.17, 15) is 14.4 Å². The van der Waals surface area contributed by atoms with Crippen LogP contribution in [-0.2, 0) is 20.9 Å². The van der Waals surface area contributed by atoms with E-state index in [0.717, 1.165) is 46.2 Å². The maximum Gasteiger partial charge on any atom is 0.417 e. The highest BCUT2D eigenvalue weighted by Crippen LogP contribution is 2.39. The number of aryl methyl sites for hydroxylation is 1. The largest absolute Gasteiger partial charge is 0.496 e. The summed E-state index contributed by atoms with van der Waals surface area (Å²) in [5, 5.41) is 0. The summed E-state index contributed by atoms with van der Waals surface area (Å²) < 4.78 is 11.4. The average molecular weight is 555 g/mol. The molecule has 0 spiro atoms. The lowest BCUT2D eigenvalue weighted by Gasteiger charge is -2.25. The van der Waals surface area contributed by atoms with E-state index in [1.807, 2.05) is 87.2 Å². The number of imide groups is 1. The molecule has 3 amide bonds. The molecule has 0 bridgehead atoms. The van der Waals surface area contributed by atoms with Gasteiger partial charge in [0.05, 0.1) is 19.1 Å². The molecule has 214 valence electrons. The second-order valence-electron chi connectivity index (χ2n) is 11.1. The second-order valence-corrected chi connectivity index (χ2v) is 11.1. The van der Waals surface area contributed by atoms with E-state index in [0.29, 0.717) is 18.8 Å². The lowest BCUT2D eigenvalue weighted by atomic mass is 9.91. The zero-order valence-electron chi connectivity index (χ0n) is 24.4. The molecule has 2 aliphatic rings. The molecule has 1 aliphatic carbocycles. The van der Waals surface area contributed by atoms with Crippen molar-refractivity contribution in [3.8, 4) is 16.9 Å². The molecule has 0 aromatic heterocycles. The van der Waals surface area contributed by atoms with Crippen LogP contribution in [0.1, 0.15) is 67.9 Å². The van der Waals surface area contributed by atoms with Crippen molar-refractivity contribution in [2.45, 2.75) is 65.1 Å². The maximum absolute atomic E-state index is 13.7. The smallest absolute Gasteiger partial charge is 0.417 e. The molecule has 41 heavy (non-hydrogen) atoms. The van der Waals surface area contributed by atoms with Gasteiger partial charge in [0.2, 0.25) is 11.8 Å². The summed E-state index contributed by atoms with van der Waals surface area (Å²) in [6.45, 7) is 8.85. The van der Waals surface area contributed by atoms with Gasteiger partial charge in [-0.05, 0) is 74.9 Å². The van der Waals surface area contributed by atoms with Crippen LogP contribution in [0.3, 0.4) is 0 Å². The molecule has 7 heteroatoms. The van der Waals surface area contributed by atoms with Gasteiger partial charge in [-0.25, -0.2) is 9.69 Å². The molecule has 2 fully saturated rings. The summed E-state index contributed by atoms with van der Waals surface area (Å²) in [5.74, 6) is 0.123. The van der Waals surface area contributed by atoms with E-state index in [4.69, 9.17) is 9.47 Å². The standard InChI is InChI=1S/C34H38N2O5/c1-6-35(33(38)25-13-14-25)20-27-18-21(2)12-16-28(27)29-19-26(15-17-30(29)40-5)22(3)32(37)36-23(4)31(41-34(36)39)24-10-8-7-9-11-24/h7-12,15-19,22-23,25,31H,6,13-14,20H2,1-5H3/t22-,23-,31-/m1/s1.